The van der Waals surface area contributed by atoms with Crippen LogP contribution in [0.1, 0.15) is 12.8 Å². The van der Waals surface area contributed by atoms with Crippen LogP contribution in [-0.2, 0) is 0 Å². The number of rotatable bonds is 0. The standard InChI is InChI=1S/C8H16N2O2/c9-5-1-2-10-4-7(11)8(12)6(10)3-5/h5-8,11-12H,1-4,9H2/t5-,6-,7-,8-/m0/s1. The molecule has 4 atom stereocenters. The van der Waals surface area contributed by atoms with E-state index in [1.54, 1.807) is 0 Å². The SMILES string of the molecule is N[C@H]1CCN2C[C@H](O)[C@@H](O)[C@@H]2C1. The molecule has 0 aromatic carbocycles. The van der Waals surface area contributed by atoms with E-state index in [1.807, 2.05) is 0 Å². The summed E-state index contributed by atoms with van der Waals surface area (Å²) in [6, 6.07) is 0.301. The van der Waals surface area contributed by atoms with Gasteiger partial charge in [-0.1, -0.05) is 0 Å². The van der Waals surface area contributed by atoms with Gasteiger partial charge in [-0.25, -0.2) is 0 Å². The number of hydrogen-bond donors (Lipinski definition) is 3. The van der Waals surface area contributed by atoms with Gasteiger partial charge in [0.2, 0.25) is 0 Å². The van der Waals surface area contributed by atoms with E-state index in [-0.39, 0.29) is 12.1 Å². The minimum Gasteiger partial charge on any atom is -0.389 e. The van der Waals surface area contributed by atoms with Crippen molar-refractivity contribution in [3.8, 4) is 0 Å². The average molecular weight is 172 g/mol. The maximum Gasteiger partial charge on any atom is 0.0967 e. The van der Waals surface area contributed by atoms with E-state index in [4.69, 9.17) is 5.73 Å². The van der Waals surface area contributed by atoms with Crippen molar-refractivity contribution in [2.75, 3.05) is 13.1 Å². The third-order valence-electron chi connectivity index (χ3n) is 3.01. The van der Waals surface area contributed by atoms with Crippen molar-refractivity contribution >= 4 is 0 Å². The van der Waals surface area contributed by atoms with E-state index in [9.17, 15) is 10.2 Å². The number of piperidine rings is 1. The lowest BCUT2D eigenvalue weighted by atomic mass is 9.96. The molecule has 2 heterocycles. The summed E-state index contributed by atoms with van der Waals surface area (Å²) in [5.41, 5.74) is 5.78. The Labute approximate surface area is 72.0 Å². The van der Waals surface area contributed by atoms with Crippen molar-refractivity contribution < 1.29 is 10.2 Å². The Balaban J connectivity index is 2.05. The zero-order valence-electron chi connectivity index (χ0n) is 7.06. The van der Waals surface area contributed by atoms with Gasteiger partial charge >= 0.3 is 0 Å². The zero-order chi connectivity index (χ0) is 8.72. The molecular weight excluding hydrogens is 156 g/mol. The molecule has 4 N–H and O–H groups in total. The summed E-state index contributed by atoms with van der Waals surface area (Å²) in [4.78, 5) is 2.14. The second kappa shape index (κ2) is 2.96. The van der Waals surface area contributed by atoms with Gasteiger partial charge in [0.25, 0.3) is 0 Å². The van der Waals surface area contributed by atoms with Crippen molar-refractivity contribution in [1.29, 1.82) is 0 Å². The lowest BCUT2D eigenvalue weighted by molar-refractivity contribution is 0.0297. The lowest BCUT2D eigenvalue weighted by Gasteiger charge is -2.33. The van der Waals surface area contributed by atoms with Crippen molar-refractivity contribution in [2.45, 2.75) is 37.1 Å². The van der Waals surface area contributed by atoms with Crippen LogP contribution in [0, 0.1) is 0 Å². The summed E-state index contributed by atoms with van der Waals surface area (Å²) >= 11 is 0. The lowest BCUT2D eigenvalue weighted by Crippen LogP contribution is -2.46. The smallest absolute Gasteiger partial charge is 0.0967 e. The van der Waals surface area contributed by atoms with Gasteiger partial charge in [0.1, 0.15) is 0 Å². The number of nitrogens with two attached hydrogens (primary N) is 1. The van der Waals surface area contributed by atoms with E-state index in [0.29, 0.717) is 6.54 Å². The predicted molar refractivity (Wildman–Crippen MR) is 44.6 cm³/mol. The highest BCUT2D eigenvalue weighted by molar-refractivity contribution is 4.97. The van der Waals surface area contributed by atoms with Gasteiger partial charge in [-0.2, -0.15) is 0 Å². The van der Waals surface area contributed by atoms with Crippen LogP contribution < -0.4 is 5.73 Å². The first-order valence-electron chi connectivity index (χ1n) is 4.54. The summed E-state index contributed by atoms with van der Waals surface area (Å²) in [5.74, 6) is 0. The minimum atomic E-state index is -0.587. The molecule has 0 radical (unpaired) electrons. The average Bonchev–Trinajstić information content (AvgIpc) is 2.31. The summed E-state index contributed by atoms with van der Waals surface area (Å²) in [5, 5.41) is 18.9. The molecule has 4 nitrogen and oxygen atoms in total. The molecule has 2 aliphatic rings. The number of hydrogen-bond acceptors (Lipinski definition) is 4. The Kier molecular flexibility index (Phi) is 2.08. The van der Waals surface area contributed by atoms with Crippen LogP contribution in [-0.4, -0.2) is 52.5 Å². The highest BCUT2D eigenvalue weighted by Gasteiger charge is 2.42. The monoisotopic (exact) mass is 172 g/mol. The largest absolute Gasteiger partial charge is 0.389 e. The molecule has 0 aromatic rings. The van der Waals surface area contributed by atoms with Crippen molar-refractivity contribution in [3.63, 3.8) is 0 Å². The number of aliphatic hydroxyl groups is 2. The Morgan fingerprint density at radius 1 is 1.33 bits per heavy atom. The van der Waals surface area contributed by atoms with Crippen LogP contribution >= 0.6 is 0 Å². The maximum absolute atomic E-state index is 9.56. The second-order valence-corrected chi connectivity index (χ2v) is 3.90. The quantitative estimate of drug-likeness (QED) is 0.416. The molecule has 0 aromatic heterocycles. The van der Waals surface area contributed by atoms with E-state index >= 15 is 0 Å². The number of aliphatic hydroxyl groups excluding tert-OH is 2. The van der Waals surface area contributed by atoms with Crippen LogP contribution in [0.3, 0.4) is 0 Å². The van der Waals surface area contributed by atoms with Gasteiger partial charge in [-0.3, -0.25) is 4.90 Å². The molecule has 0 bridgehead atoms. The van der Waals surface area contributed by atoms with Gasteiger partial charge in [0.15, 0.2) is 0 Å². The molecule has 2 fully saturated rings. The van der Waals surface area contributed by atoms with Crippen molar-refractivity contribution in [1.82, 2.24) is 4.90 Å². The fourth-order valence-electron chi connectivity index (χ4n) is 2.26. The molecule has 2 saturated heterocycles. The van der Waals surface area contributed by atoms with E-state index in [1.165, 1.54) is 0 Å². The molecule has 0 spiro atoms. The number of nitrogens with zero attached hydrogens (tertiary/aromatic N) is 1. The molecule has 70 valence electrons. The van der Waals surface area contributed by atoms with Gasteiger partial charge < -0.3 is 15.9 Å². The van der Waals surface area contributed by atoms with Crippen LogP contribution in [0.15, 0.2) is 0 Å². The Bertz CT molecular complexity index is 176. The first-order valence-corrected chi connectivity index (χ1v) is 4.54. The summed E-state index contributed by atoms with van der Waals surface area (Å²) in [6.07, 6.45) is 0.644. The van der Waals surface area contributed by atoms with Crippen LogP contribution in [0.2, 0.25) is 0 Å². The fourth-order valence-corrected chi connectivity index (χ4v) is 2.26. The molecule has 4 heteroatoms. The summed E-state index contributed by atoms with van der Waals surface area (Å²) < 4.78 is 0. The molecule has 0 unspecified atom stereocenters. The molecule has 0 saturated carbocycles. The topological polar surface area (TPSA) is 69.7 Å². The molecule has 0 aliphatic carbocycles. The highest BCUT2D eigenvalue weighted by atomic mass is 16.3. The Morgan fingerprint density at radius 2 is 2.08 bits per heavy atom. The normalized spacial score (nSPS) is 49.2. The van der Waals surface area contributed by atoms with Gasteiger partial charge in [0, 0.05) is 25.2 Å². The van der Waals surface area contributed by atoms with Crippen molar-refractivity contribution in [3.05, 3.63) is 0 Å². The maximum atomic E-state index is 9.56. The van der Waals surface area contributed by atoms with Crippen LogP contribution in [0.25, 0.3) is 0 Å². The first-order chi connectivity index (χ1) is 5.68. The third-order valence-corrected chi connectivity index (χ3v) is 3.01. The predicted octanol–water partition coefficient (Wildman–Crippen LogP) is -1.49. The molecular formula is C8H16N2O2. The molecule has 2 aliphatic heterocycles. The van der Waals surface area contributed by atoms with Crippen LogP contribution in [0.4, 0.5) is 0 Å². The highest BCUT2D eigenvalue weighted by Crippen LogP contribution is 2.26. The molecule has 0 amide bonds. The number of fused-ring (bicyclic) bond motifs is 1. The third kappa shape index (κ3) is 1.25. The fraction of sp³-hybridized carbons (Fsp3) is 1.00. The van der Waals surface area contributed by atoms with Gasteiger partial charge in [-0.05, 0) is 12.8 Å². The van der Waals surface area contributed by atoms with E-state index < -0.39 is 12.2 Å². The summed E-state index contributed by atoms with van der Waals surface area (Å²) in [6.45, 7) is 1.53. The Morgan fingerprint density at radius 3 is 2.83 bits per heavy atom. The Hall–Kier alpha value is -0.160. The molecule has 12 heavy (non-hydrogen) atoms. The summed E-state index contributed by atoms with van der Waals surface area (Å²) in [7, 11) is 0. The van der Waals surface area contributed by atoms with E-state index in [2.05, 4.69) is 4.90 Å². The van der Waals surface area contributed by atoms with Gasteiger partial charge in [0.05, 0.1) is 12.2 Å². The van der Waals surface area contributed by atoms with Crippen molar-refractivity contribution in [2.24, 2.45) is 5.73 Å². The first kappa shape index (κ1) is 8.44. The minimum absolute atomic E-state index is 0.101. The van der Waals surface area contributed by atoms with Gasteiger partial charge in [-0.15, -0.1) is 0 Å². The zero-order valence-corrected chi connectivity index (χ0v) is 7.06. The van der Waals surface area contributed by atoms with E-state index in [0.717, 1.165) is 19.4 Å². The van der Waals surface area contributed by atoms with Crippen LogP contribution in [0.5, 0.6) is 0 Å². The second-order valence-electron chi connectivity index (χ2n) is 3.90. The molecule has 2 rings (SSSR count).